The molecule has 2 aromatic rings. The predicted molar refractivity (Wildman–Crippen MR) is 69.4 cm³/mol. The topological polar surface area (TPSA) is 48.1 Å². The molecular formula is C13H10ClF3N2O. The number of alkyl halides is 3. The Balaban J connectivity index is 2.13. The first kappa shape index (κ1) is 14.5. The highest BCUT2D eigenvalue weighted by Gasteiger charge is 2.30. The van der Waals surface area contributed by atoms with Crippen LogP contribution in [0.1, 0.15) is 11.1 Å². The molecule has 1 aromatic heterocycles. The average Bonchev–Trinajstić information content (AvgIpc) is 2.38. The summed E-state index contributed by atoms with van der Waals surface area (Å²) >= 11 is 5.89. The lowest BCUT2D eigenvalue weighted by atomic mass is 10.2. The maximum Gasteiger partial charge on any atom is 0.416 e. The molecule has 2 rings (SSSR count). The highest BCUT2D eigenvalue weighted by atomic mass is 35.5. The molecule has 0 spiro atoms. The van der Waals surface area contributed by atoms with Crippen LogP contribution in [0.15, 0.2) is 36.7 Å². The van der Waals surface area contributed by atoms with E-state index < -0.39 is 11.7 Å². The minimum atomic E-state index is -4.43. The van der Waals surface area contributed by atoms with Crippen molar-refractivity contribution in [2.45, 2.75) is 12.8 Å². The molecule has 0 aliphatic carbocycles. The van der Waals surface area contributed by atoms with Crippen LogP contribution < -0.4 is 10.5 Å². The number of hydrogen-bond donors (Lipinski definition) is 1. The molecule has 3 nitrogen and oxygen atoms in total. The van der Waals surface area contributed by atoms with Gasteiger partial charge in [0.25, 0.3) is 0 Å². The first-order valence-corrected chi connectivity index (χ1v) is 5.93. The molecule has 1 aromatic carbocycles. The van der Waals surface area contributed by atoms with Gasteiger partial charge in [-0.15, -0.1) is 0 Å². The maximum atomic E-state index is 12.5. The molecule has 0 amide bonds. The Bertz CT molecular complexity index is 617. The van der Waals surface area contributed by atoms with Gasteiger partial charge < -0.3 is 10.5 Å². The Morgan fingerprint density at radius 2 is 2.00 bits per heavy atom. The molecule has 2 N–H and O–H groups in total. The zero-order valence-corrected chi connectivity index (χ0v) is 10.9. The first-order chi connectivity index (χ1) is 9.38. The Morgan fingerprint density at radius 3 is 2.60 bits per heavy atom. The number of nitrogen functional groups attached to an aromatic ring is 1. The number of nitrogens with two attached hydrogens (primary N) is 1. The predicted octanol–water partition coefficient (Wildman–Crippen LogP) is 3.92. The summed E-state index contributed by atoms with van der Waals surface area (Å²) in [5.74, 6) is 0.172. The van der Waals surface area contributed by atoms with Gasteiger partial charge in [0, 0.05) is 18.0 Å². The second-order valence-electron chi connectivity index (χ2n) is 4.01. The molecule has 7 heteroatoms. The molecule has 20 heavy (non-hydrogen) atoms. The second-order valence-corrected chi connectivity index (χ2v) is 4.41. The molecule has 0 bridgehead atoms. The van der Waals surface area contributed by atoms with Crippen LogP contribution in [-0.4, -0.2) is 4.98 Å². The minimum Gasteiger partial charge on any atom is -0.487 e. The fourth-order valence-corrected chi connectivity index (χ4v) is 1.71. The van der Waals surface area contributed by atoms with Crippen molar-refractivity contribution >= 4 is 17.3 Å². The van der Waals surface area contributed by atoms with E-state index in [1.807, 2.05) is 0 Å². The monoisotopic (exact) mass is 302 g/mol. The number of benzene rings is 1. The largest absolute Gasteiger partial charge is 0.487 e. The SMILES string of the molecule is Nc1cc(C(F)(F)F)ccc1OCc1ccncc1Cl. The maximum absolute atomic E-state index is 12.5. The molecule has 0 atom stereocenters. The Labute approximate surface area is 118 Å². The summed E-state index contributed by atoms with van der Waals surface area (Å²) in [5.41, 5.74) is 5.32. The van der Waals surface area contributed by atoms with Gasteiger partial charge in [-0.05, 0) is 24.3 Å². The number of pyridine rings is 1. The normalized spacial score (nSPS) is 11.4. The number of aromatic nitrogens is 1. The first-order valence-electron chi connectivity index (χ1n) is 5.56. The fourth-order valence-electron chi connectivity index (χ4n) is 1.53. The number of nitrogens with zero attached hydrogens (tertiary/aromatic N) is 1. The van der Waals surface area contributed by atoms with Gasteiger partial charge in [0.05, 0.1) is 16.3 Å². The number of hydrogen-bond acceptors (Lipinski definition) is 3. The quantitative estimate of drug-likeness (QED) is 0.874. The highest BCUT2D eigenvalue weighted by Crippen LogP contribution is 2.34. The van der Waals surface area contributed by atoms with Gasteiger partial charge in [-0.3, -0.25) is 4.98 Å². The summed E-state index contributed by atoms with van der Waals surface area (Å²) in [5, 5.41) is 0.415. The van der Waals surface area contributed by atoms with E-state index in [1.165, 1.54) is 12.3 Å². The average molecular weight is 303 g/mol. The van der Waals surface area contributed by atoms with Crippen molar-refractivity contribution in [3.05, 3.63) is 52.8 Å². The van der Waals surface area contributed by atoms with Crippen LogP contribution in [0.25, 0.3) is 0 Å². The van der Waals surface area contributed by atoms with Crippen LogP contribution in [0, 0.1) is 0 Å². The molecular weight excluding hydrogens is 293 g/mol. The fraction of sp³-hybridized carbons (Fsp3) is 0.154. The molecule has 0 radical (unpaired) electrons. The summed E-state index contributed by atoms with van der Waals surface area (Å²) < 4.78 is 42.8. The van der Waals surface area contributed by atoms with E-state index in [1.54, 1.807) is 12.3 Å². The van der Waals surface area contributed by atoms with Crippen LogP contribution in [-0.2, 0) is 12.8 Å². The zero-order valence-electron chi connectivity index (χ0n) is 10.1. The lowest BCUT2D eigenvalue weighted by molar-refractivity contribution is -0.137. The van der Waals surface area contributed by atoms with E-state index >= 15 is 0 Å². The van der Waals surface area contributed by atoms with Crippen molar-refractivity contribution in [1.82, 2.24) is 4.98 Å². The lowest BCUT2D eigenvalue weighted by Gasteiger charge is -2.12. The van der Waals surface area contributed by atoms with Crippen molar-refractivity contribution in [2.24, 2.45) is 0 Å². The lowest BCUT2D eigenvalue weighted by Crippen LogP contribution is -2.06. The van der Waals surface area contributed by atoms with Gasteiger partial charge in [0.1, 0.15) is 12.4 Å². The molecule has 106 valence electrons. The Morgan fingerprint density at radius 1 is 1.25 bits per heavy atom. The summed E-state index contributed by atoms with van der Waals surface area (Å²) in [6.45, 7) is 0.0942. The van der Waals surface area contributed by atoms with Crippen molar-refractivity contribution in [3.8, 4) is 5.75 Å². The molecule has 0 aliphatic rings. The van der Waals surface area contributed by atoms with Crippen LogP contribution in [0.2, 0.25) is 5.02 Å². The molecule has 0 aliphatic heterocycles. The van der Waals surface area contributed by atoms with Crippen molar-refractivity contribution in [2.75, 3.05) is 5.73 Å². The Kier molecular flexibility index (Phi) is 4.04. The number of halogens is 4. The number of rotatable bonds is 3. The van der Waals surface area contributed by atoms with Crippen molar-refractivity contribution in [3.63, 3.8) is 0 Å². The van der Waals surface area contributed by atoms with E-state index in [4.69, 9.17) is 22.1 Å². The van der Waals surface area contributed by atoms with E-state index in [2.05, 4.69) is 4.98 Å². The molecule has 0 saturated heterocycles. The van der Waals surface area contributed by atoms with Crippen LogP contribution in [0.3, 0.4) is 0 Å². The van der Waals surface area contributed by atoms with E-state index in [9.17, 15) is 13.2 Å². The van der Waals surface area contributed by atoms with Gasteiger partial charge in [-0.2, -0.15) is 13.2 Å². The van der Waals surface area contributed by atoms with Crippen molar-refractivity contribution < 1.29 is 17.9 Å². The summed E-state index contributed by atoms with van der Waals surface area (Å²) in [6, 6.07) is 4.60. The smallest absolute Gasteiger partial charge is 0.416 e. The number of ether oxygens (including phenoxy) is 1. The molecule has 0 saturated carbocycles. The van der Waals surface area contributed by atoms with Crippen LogP contribution in [0.5, 0.6) is 5.75 Å². The number of anilines is 1. The van der Waals surface area contributed by atoms with E-state index in [0.717, 1.165) is 12.1 Å². The molecule has 1 heterocycles. The van der Waals surface area contributed by atoms with Gasteiger partial charge >= 0.3 is 6.18 Å². The molecule has 0 unspecified atom stereocenters. The second kappa shape index (κ2) is 5.58. The van der Waals surface area contributed by atoms with Gasteiger partial charge in [-0.1, -0.05) is 11.6 Å². The Hall–Kier alpha value is -1.95. The van der Waals surface area contributed by atoms with Crippen LogP contribution >= 0.6 is 11.6 Å². The standard InChI is InChI=1S/C13H10ClF3N2O/c14-10-6-19-4-3-8(10)7-20-12-2-1-9(5-11(12)18)13(15,16)17/h1-6H,7,18H2. The third-order valence-corrected chi connectivity index (χ3v) is 2.92. The zero-order chi connectivity index (χ0) is 14.8. The van der Waals surface area contributed by atoms with E-state index in [-0.39, 0.29) is 18.0 Å². The minimum absolute atomic E-state index is 0.0787. The molecule has 0 fully saturated rings. The summed E-state index contributed by atoms with van der Waals surface area (Å²) in [7, 11) is 0. The van der Waals surface area contributed by atoms with Crippen LogP contribution in [0.4, 0.5) is 18.9 Å². The van der Waals surface area contributed by atoms with Gasteiger partial charge in [0.2, 0.25) is 0 Å². The summed E-state index contributed by atoms with van der Waals surface area (Å²) in [6.07, 6.45) is -1.43. The third kappa shape index (κ3) is 3.33. The van der Waals surface area contributed by atoms with E-state index in [0.29, 0.717) is 10.6 Å². The van der Waals surface area contributed by atoms with Crippen molar-refractivity contribution in [1.29, 1.82) is 0 Å². The highest BCUT2D eigenvalue weighted by molar-refractivity contribution is 6.31. The summed E-state index contributed by atoms with van der Waals surface area (Å²) in [4.78, 5) is 3.82. The van der Waals surface area contributed by atoms with Gasteiger partial charge in [-0.25, -0.2) is 0 Å². The third-order valence-electron chi connectivity index (χ3n) is 2.58. The van der Waals surface area contributed by atoms with Gasteiger partial charge in [0.15, 0.2) is 0 Å².